The average molecular weight is 409 g/mol. The van der Waals surface area contributed by atoms with E-state index in [1.807, 2.05) is 23.9 Å². The summed E-state index contributed by atoms with van der Waals surface area (Å²) in [6.45, 7) is 2.27. The summed E-state index contributed by atoms with van der Waals surface area (Å²) >= 11 is 12.0. The van der Waals surface area contributed by atoms with Crippen LogP contribution in [0.4, 0.5) is 0 Å². The Labute approximate surface area is 155 Å². The zero-order valence-corrected chi connectivity index (χ0v) is 15.9. The number of nitrogens with zero attached hydrogens (tertiary/aromatic N) is 1. The molecule has 1 aliphatic carbocycles. The van der Waals surface area contributed by atoms with Crippen LogP contribution in [0.3, 0.4) is 0 Å². The first-order valence-corrected chi connectivity index (χ1v) is 10.2. The van der Waals surface area contributed by atoms with Crippen LogP contribution in [0.5, 0.6) is 0 Å². The van der Waals surface area contributed by atoms with Crippen molar-refractivity contribution in [1.82, 2.24) is 4.90 Å². The van der Waals surface area contributed by atoms with E-state index >= 15 is 0 Å². The molecule has 2 bridgehead atoms. The Kier molecular flexibility index (Phi) is 4.73. The van der Waals surface area contributed by atoms with Crippen molar-refractivity contribution in [2.75, 3.05) is 6.54 Å². The van der Waals surface area contributed by atoms with Gasteiger partial charge in [0.1, 0.15) is 0 Å². The highest BCUT2D eigenvalue weighted by Crippen LogP contribution is 2.49. The monoisotopic (exact) mass is 407 g/mol. The molecule has 1 heterocycles. The fourth-order valence-electron chi connectivity index (χ4n) is 3.88. The Morgan fingerprint density at radius 2 is 1.83 bits per heavy atom. The third-order valence-corrected chi connectivity index (χ3v) is 7.77. The van der Waals surface area contributed by atoms with Gasteiger partial charge in [-0.15, -0.1) is 11.8 Å². The quantitative estimate of drug-likeness (QED) is 0.617. The highest BCUT2D eigenvalue weighted by molar-refractivity contribution is 9.09. The van der Waals surface area contributed by atoms with E-state index in [0.29, 0.717) is 16.1 Å². The van der Waals surface area contributed by atoms with Gasteiger partial charge in [-0.25, -0.2) is 0 Å². The van der Waals surface area contributed by atoms with Gasteiger partial charge in [-0.3, -0.25) is 4.90 Å². The van der Waals surface area contributed by atoms with Crippen LogP contribution in [0.1, 0.15) is 12.0 Å². The predicted octanol–water partition coefficient (Wildman–Crippen LogP) is 5.47. The van der Waals surface area contributed by atoms with Crippen LogP contribution in [-0.2, 0) is 6.54 Å². The number of hydrogen-bond acceptors (Lipinski definition) is 2. The zero-order valence-electron chi connectivity index (χ0n) is 12.7. The molecule has 2 fully saturated rings. The number of benzene rings is 2. The molecule has 120 valence electrons. The summed E-state index contributed by atoms with van der Waals surface area (Å²) in [4.78, 5) is 4.61. The second-order valence-electron chi connectivity index (χ2n) is 6.46. The van der Waals surface area contributed by atoms with Gasteiger partial charge in [0.2, 0.25) is 0 Å². The Bertz CT molecular complexity index is 663. The standard InChI is InChI=1S/C19H19BrClNS/c20-18-14-10-17(23-16-8-6-15(21)7-9-16)19(18)22(12-14)11-13-4-2-1-3-5-13/h1-9,14,17-19H,10-12H2/t14-,17-,18-,19-/m1/s1. The summed E-state index contributed by atoms with van der Waals surface area (Å²) < 4.78 is 0. The van der Waals surface area contributed by atoms with Gasteiger partial charge in [0, 0.05) is 39.1 Å². The second-order valence-corrected chi connectivity index (χ2v) is 9.26. The van der Waals surface area contributed by atoms with Crippen molar-refractivity contribution in [1.29, 1.82) is 0 Å². The van der Waals surface area contributed by atoms with Crippen LogP contribution in [0.15, 0.2) is 59.5 Å². The van der Waals surface area contributed by atoms with E-state index in [9.17, 15) is 0 Å². The largest absolute Gasteiger partial charge is 0.294 e. The highest BCUT2D eigenvalue weighted by atomic mass is 79.9. The van der Waals surface area contributed by atoms with E-state index in [-0.39, 0.29) is 0 Å². The molecule has 0 amide bonds. The molecule has 0 N–H and O–H groups in total. The van der Waals surface area contributed by atoms with Crippen LogP contribution in [0.2, 0.25) is 5.02 Å². The molecule has 1 saturated carbocycles. The first-order chi connectivity index (χ1) is 11.2. The summed E-state index contributed by atoms with van der Waals surface area (Å²) in [7, 11) is 0. The number of piperidine rings is 1. The molecular weight excluding hydrogens is 390 g/mol. The van der Waals surface area contributed by atoms with E-state index in [4.69, 9.17) is 11.6 Å². The van der Waals surface area contributed by atoms with Crippen molar-refractivity contribution in [3.8, 4) is 0 Å². The van der Waals surface area contributed by atoms with Crippen molar-refractivity contribution in [2.24, 2.45) is 5.92 Å². The Morgan fingerprint density at radius 1 is 1.09 bits per heavy atom. The van der Waals surface area contributed by atoms with E-state index in [2.05, 4.69) is 63.3 Å². The van der Waals surface area contributed by atoms with Crippen LogP contribution in [0.25, 0.3) is 0 Å². The Balaban J connectivity index is 1.48. The third-order valence-electron chi connectivity index (χ3n) is 4.91. The minimum absolute atomic E-state index is 0.612. The molecule has 0 unspecified atom stereocenters. The number of fused-ring (bicyclic) bond motifs is 2. The van der Waals surface area contributed by atoms with Crippen molar-refractivity contribution < 1.29 is 0 Å². The lowest BCUT2D eigenvalue weighted by molar-refractivity contribution is 0.211. The summed E-state index contributed by atoms with van der Waals surface area (Å²) in [6, 6.07) is 19.7. The maximum atomic E-state index is 6.00. The number of hydrogen-bond donors (Lipinski definition) is 0. The van der Waals surface area contributed by atoms with E-state index in [1.165, 1.54) is 23.4 Å². The van der Waals surface area contributed by atoms with Gasteiger partial charge in [0.15, 0.2) is 0 Å². The smallest absolute Gasteiger partial charge is 0.0406 e. The maximum Gasteiger partial charge on any atom is 0.0406 e. The third kappa shape index (κ3) is 3.34. The SMILES string of the molecule is Clc1ccc(S[C@@H]2C[C@@H]3CN(Cc4ccccc4)[C@H]2[C@@H]3Br)cc1. The molecule has 2 aliphatic rings. The molecule has 1 nitrogen and oxygen atoms in total. The van der Waals surface area contributed by atoms with Crippen LogP contribution in [0, 0.1) is 5.92 Å². The Morgan fingerprint density at radius 3 is 2.52 bits per heavy atom. The lowest BCUT2D eigenvalue weighted by Crippen LogP contribution is -2.40. The van der Waals surface area contributed by atoms with Gasteiger partial charge in [-0.1, -0.05) is 57.9 Å². The van der Waals surface area contributed by atoms with Gasteiger partial charge in [-0.05, 0) is 42.2 Å². The van der Waals surface area contributed by atoms with Gasteiger partial charge >= 0.3 is 0 Å². The number of thioether (sulfide) groups is 1. The fraction of sp³-hybridized carbons (Fsp3) is 0.368. The minimum atomic E-state index is 0.612. The van der Waals surface area contributed by atoms with Crippen molar-refractivity contribution in [2.45, 2.75) is 34.0 Å². The first kappa shape index (κ1) is 16.0. The van der Waals surface area contributed by atoms with Crippen molar-refractivity contribution >= 4 is 39.3 Å². The number of likely N-dealkylation sites (tertiary alicyclic amines) is 1. The molecule has 0 radical (unpaired) electrons. The molecule has 0 spiro atoms. The lowest BCUT2D eigenvalue weighted by atomic mass is 10.1. The summed E-state index contributed by atoms with van der Waals surface area (Å²) in [6.07, 6.45) is 1.30. The summed E-state index contributed by atoms with van der Waals surface area (Å²) in [5.74, 6) is 0.772. The molecule has 2 aromatic carbocycles. The van der Waals surface area contributed by atoms with Crippen molar-refractivity contribution in [3.05, 3.63) is 65.2 Å². The van der Waals surface area contributed by atoms with Crippen molar-refractivity contribution in [3.63, 3.8) is 0 Å². The van der Waals surface area contributed by atoms with Gasteiger partial charge in [-0.2, -0.15) is 0 Å². The molecule has 4 rings (SSSR count). The fourth-order valence-corrected chi connectivity index (χ4v) is 6.76. The van der Waals surface area contributed by atoms with Crippen LogP contribution in [-0.4, -0.2) is 27.6 Å². The molecule has 1 saturated heterocycles. The van der Waals surface area contributed by atoms with Crippen LogP contribution < -0.4 is 0 Å². The topological polar surface area (TPSA) is 3.24 Å². The highest BCUT2D eigenvalue weighted by Gasteiger charge is 2.51. The van der Waals surface area contributed by atoms with E-state index in [0.717, 1.165) is 17.5 Å². The number of halogens is 2. The zero-order chi connectivity index (χ0) is 15.8. The first-order valence-electron chi connectivity index (χ1n) is 8.05. The molecular formula is C19H19BrClNS. The predicted molar refractivity (Wildman–Crippen MR) is 103 cm³/mol. The van der Waals surface area contributed by atoms with Gasteiger partial charge in [0.25, 0.3) is 0 Å². The average Bonchev–Trinajstić information content (AvgIpc) is 3.02. The van der Waals surface area contributed by atoms with E-state index < -0.39 is 0 Å². The number of rotatable bonds is 4. The normalized spacial score (nSPS) is 30.0. The second kappa shape index (κ2) is 6.79. The molecule has 23 heavy (non-hydrogen) atoms. The molecule has 1 aliphatic heterocycles. The van der Waals surface area contributed by atoms with E-state index in [1.54, 1.807) is 0 Å². The van der Waals surface area contributed by atoms with Crippen LogP contribution >= 0.6 is 39.3 Å². The molecule has 4 heteroatoms. The minimum Gasteiger partial charge on any atom is -0.294 e. The van der Waals surface area contributed by atoms with Gasteiger partial charge < -0.3 is 0 Å². The molecule has 4 atom stereocenters. The summed E-state index contributed by atoms with van der Waals surface area (Å²) in [5.41, 5.74) is 1.41. The number of alkyl halides is 1. The summed E-state index contributed by atoms with van der Waals surface area (Å²) in [5, 5.41) is 1.47. The lowest BCUT2D eigenvalue weighted by Gasteiger charge is -2.33. The van der Waals surface area contributed by atoms with Gasteiger partial charge in [0.05, 0.1) is 0 Å². The molecule has 0 aromatic heterocycles. The Hall–Kier alpha value is -0.480. The molecule has 2 aromatic rings. The maximum absolute atomic E-state index is 6.00.